The van der Waals surface area contributed by atoms with Gasteiger partial charge in [0, 0.05) is 11.8 Å². The lowest BCUT2D eigenvalue weighted by molar-refractivity contribution is 0.151. The highest BCUT2D eigenvalue weighted by atomic mass is 35.5. The zero-order valence-electron chi connectivity index (χ0n) is 12.0. The fourth-order valence-corrected chi connectivity index (χ4v) is 2.26. The van der Waals surface area contributed by atoms with Gasteiger partial charge in [-0.25, -0.2) is 0 Å². The molecule has 1 unspecified atom stereocenters. The van der Waals surface area contributed by atoms with E-state index in [1.807, 2.05) is 12.1 Å². The summed E-state index contributed by atoms with van der Waals surface area (Å²) >= 11 is 6.28. The molecular formula is C16H23ClO2. The van der Waals surface area contributed by atoms with Gasteiger partial charge in [0.2, 0.25) is 0 Å². The number of ether oxygens (including phenoxy) is 2. The van der Waals surface area contributed by atoms with Crippen molar-refractivity contribution in [3.8, 4) is 5.75 Å². The third kappa shape index (κ3) is 3.87. The Hall–Kier alpha value is -0.730. The van der Waals surface area contributed by atoms with Crippen molar-refractivity contribution in [2.24, 2.45) is 5.41 Å². The van der Waals surface area contributed by atoms with Crippen LogP contribution in [0, 0.1) is 5.41 Å². The van der Waals surface area contributed by atoms with E-state index in [1.54, 1.807) is 0 Å². The Morgan fingerprint density at radius 3 is 2.63 bits per heavy atom. The lowest BCUT2D eigenvalue weighted by Gasteiger charge is -2.27. The number of hydrogen-bond donors (Lipinski definition) is 0. The Morgan fingerprint density at radius 2 is 2.05 bits per heavy atom. The second-order valence-electron chi connectivity index (χ2n) is 5.69. The summed E-state index contributed by atoms with van der Waals surface area (Å²) < 4.78 is 11.4. The van der Waals surface area contributed by atoms with Gasteiger partial charge in [-0.3, -0.25) is 0 Å². The standard InChI is InChI=1S/C16H23ClO2/c1-4-16(3,5-2)11-19-15-12(9-13-10-18-13)7-6-8-14(15)17/h6-8,13H,4-5,9-11H2,1-3H3. The number of para-hydroxylation sites is 1. The van der Waals surface area contributed by atoms with Crippen molar-refractivity contribution in [2.75, 3.05) is 13.2 Å². The zero-order valence-corrected chi connectivity index (χ0v) is 12.8. The molecule has 0 saturated carbocycles. The van der Waals surface area contributed by atoms with Gasteiger partial charge in [-0.2, -0.15) is 0 Å². The van der Waals surface area contributed by atoms with Crippen molar-refractivity contribution >= 4 is 11.6 Å². The zero-order chi connectivity index (χ0) is 13.9. The monoisotopic (exact) mass is 282 g/mol. The first-order valence-corrected chi connectivity index (χ1v) is 7.47. The van der Waals surface area contributed by atoms with E-state index in [2.05, 4.69) is 26.8 Å². The highest BCUT2D eigenvalue weighted by Crippen LogP contribution is 2.34. The van der Waals surface area contributed by atoms with Gasteiger partial charge in [0.1, 0.15) is 5.75 Å². The molecule has 1 saturated heterocycles. The van der Waals surface area contributed by atoms with Crippen molar-refractivity contribution in [3.63, 3.8) is 0 Å². The van der Waals surface area contributed by atoms with E-state index < -0.39 is 0 Å². The quantitative estimate of drug-likeness (QED) is 0.688. The molecule has 3 heteroatoms. The Kier molecular flexibility index (Phi) is 4.75. The molecular weight excluding hydrogens is 260 g/mol. The molecule has 19 heavy (non-hydrogen) atoms. The van der Waals surface area contributed by atoms with E-state index in [0.29, 0.717) is 17.7 Å². The molecule has 1 fully saturated rings. The molecule has 0 spiro atoms. The summed E-state index contributed by atoms with van der Waals surface area (Å²) in [5, 5.41) is 0.702. The third-order valence-electron chi connectivity index (χ3n) is 4.17. The lowest BCUT2D eigenvalue weighted by Crippen LogP contribution is -2.23. The van der Waals surface area contributed by atoms with Crippen molar-refractivity contribution in [1.29, 1.82) is 0 Å². The van der Waals surface area contributed by atoms with Gasteiger partial charge in [0.05, 0.1) is 24.3 Å². The molecule has 1 aliphatic rings. The molecule has 0 aliphatic carbocycles. The molecule has 0 bridgehead atoms. The van der Waals surface area contributed by atoms with Crippen LogP contribution in [0.15, 0.2) is 18.2 Å². The van der Waals surface area contributed by atoms with E-state index in [-0.39, 0.29) is 5.41 Å². The van der Waals surface area contributed by atoms with Crippen LogP contribution < -0.4 is 4.74 Å². The van der Waals surface area contributed by atoms with Crippen LogP contribution >= 0.6 is 11.6 Å². The minimum Gasteiger partial charge on any atom is -0.491 e. The predicted molar refractivity (Wildman–Crippen MR) is 79.1 cm³/mol. The summed E-state index contributed by atoms with van der Waals surface area (Å²) in [7, 11) is 0. The first-order chi connectivity index (χ1) is 9.08. The van der Waals surface area contributed by atoms with Crippen molar-refractivity contribution in [1.82, 2.24) is 0 Å². The topological polar surface area (TPSA) is 21.8 Å². The molecule has 1 heterocycles. The van der Waals surface area contributed by atoms with Crippen molar-refractivity contribution in [2.45, 2.75) is 46.1 Å². The van der Waals surface area contributed by atoms with Gasteiger partial charge in [-0.15, -0.1) is 0 Å². The maximum absolute atomic E-state index is 6.28. The number of rotatable bonds is 7. The van der Waals surface area contributed by atoms with E-state index >= 15 is 0 Å². The Balaban J connectivity index is 2.09. The second kappa shape index (κ2) is 6.15. The number of epoxide rings is 1. The number of benzene rings is 1. The smallest absolute Gasteiger partial charge is 0.141 e. The van der Waals surface area contributed by atoms with Gasteiger partial charge in [0.15, 0.2) is 0 Å². The van der Waals surface area contributed by atoms with Crippen LogP contribution in [0.2, 0.25) is 5.02 Å². The summed E-state index contributed by atoms with van der Waals surface area (Å²) in [6, 6.07) is 5.95. The lowest BCUT2D eigenvalue weighted by atomic mass is 9.86. The van der Waals surface area contributed by atoms with Crippen LogP contribution in [0.1, 0.15) is 39.2 Å². The maximum atomic E-state index is 6.28. The Labute approximate surface area is 121 Å². The first kappa shape index (κ1) is 14.7. The minimum absolute atomic E-state index is 0.215. The van der Waals surface area contributed by atoms with E-state index in [0.717, 1.165) is 37.2 Å². The van der Waals surface area contributed by atoms with Crippen LogP contribution in [0.3, 0.4) is 0 Å². The summed E-state index contributed by atoms with van der Waals surface area (Å²) in [4.78, 5) is 0. The van der Waals surface area contributed by atoms with Crippen molar-refractivity contribution < 1.29 is 9.47 Å². The third-order valence-corrected chi connectivity index (χ3v) is 4.47. The Morgan fingerprint density at radius 1 is 1.37 bits per heavy atom. The highest BCUT2D eigenvalue weighted by Gasteiger charge is 2.26. The van der Waals surface area contributed by atoms with E-state index in [1.165, 1.54) is 0 Å². The van der Waals surface area contributed by atoms with Gasteiger partial charge < -0.3 is 9.47 Å². The summed E-state index contributed by atoms with van der Waals surface area (Å²) in [6.07, 6.45) is 3.46. The number of halogens is 1. The second-order valence-corrected chi connectivity index (χ2v) is 6.10. The first-order valence-electron chi connectivity index (χ1n) is 7.10. The minimum atomic E-state index is 0.215. The molecule has 1 aromatic rings. The molecule has 0 radical (unpaired) electrons. The van der Waals surface area contributed by atoms with Crippen molar-refractivity contribution in [3.05, 3.63) is 28.8 Å². The molecule has 1 aliphatic heterocycles. The molecule has 106 valence electrons. The largest absolute Gasteiger partial charge is 0.491 e. The molecule has 2 nitrogen and oxygen atoms in total. The fraction of sp³-hybridized carbons (Fsp3) is 0.625. The average molecular weight is 283 g/mol. The molecule has 1 atom stereocenters. The summed E-state index contributed by atoms with van der Waals surface area (Å²) in [6.45, 7) is 8.24. The normalized spacial score (nSPS) is 18.4. The SMILES string of the molecule is CCC(C)(CC)COc1c(Cl)cccc1CC1CO1. The molecule has 0 N–H and O–H groups in total. The van der Waals surface area contributed by atoms with Crippen LogP contribution in [0.4, 0.5) is 0 Å². The summed E-state index contributed by atoms with van der Waals surface area (Å²) in [5.74, 6) is 0.841. The predicted octanol–water partition coefficient (Wildman–Crippen LogP) is 4.49. The van der Waals surface area contributed by atoms with Crippen LogP contribution in [-0.2, 0) is 11.2 Å². The maximum Gasteiger partial charge on any atom is 0.141 e. The van der Waals surface area contributed by atoms with E-state index in [9.17, 15) is 0 Å². The van der Waals surface area contributed by atoms with Crippen LogP contribution in [0.25, 0.3) is 0 Å². The highest BCUT2D eigenvalue weighted by molar-refractivity contribution is 6.32. The molecule has 2 rings (SSSR count). The fourth-order valence-electron chi connectivity index (χ4n) is 2.01. The average Bonchev–Trinajstić information content (AvgIpc) is 3.22. The van der Waals surface area contributed by atoms with E-state index in [4.69, 9.17) is 21.1 Å². The van der Waals surface area contributed by atoms with Crippen LogP contribution in [-0.4, -0.2) is 19.3 Å². The van der Waals surface area contributed by atoms with Gasteiger partial charge in [0.25, 0.3) is 0 Å². The molecule has 1 aromatic carbocycles. The molecule has 0 aromatic heterocycles. The Bertz CT molecular complexity index is 423. The van der Waals surface area contributed by atoms with Gasteiger partial charge in [-0.05, 0) is 24.5 Å². The summed E-state index contributed by atoms with van der Waals surface area (Å²) in [5.41, 5.74) is 1.37. The van der Waals surface area contributed by atoms with Gasteiger partial charge in [-0.1, -0.05) is 44.5 Å². The van der Waals surface area contributed by atoms with Gasteiger partial charge >= 0.3 is 0 Å². The molecule has 0 amide bonds. The number of hydrogen-bond acceptors (Lipinski definition) is 2. The van der Waals surface area contributed by atoms with Crippen LogP contribution in [0.5, 0.6) is 5.75 Å².